The number of hydrogen-bond donors (Lipinski definition) is 1. The van der Waals surface area contributed by atoms with Crippen molar-refractivity contribution in [2.45, 2.75) is 27.7 Å². The van der Waals surface area contributed by atoms with E-state index in [1.807, 2.05) is 0 Å². The number of aliphatic hydroxyl groups is 1. The molecule has 0 aromatic heterocycles. The van der Waals surface area contributed by atoms with Crippen molar-refractivity contribution < 1.29 is 44.3 Å². The van der Waals surface area contributed by atoms with E-state index < -0.39 is 44.3 Å². The Kier molecular flexibility index (Phi) is 5.53. The average Bonchev–Trinajstić information content (AvgIpc) is 2.64. The number of thioether (sulfide) groups is 1. The molecular weight excluding hydrogens is 463 g/mol. The van der Waals surface area contributed by atoms with Crippen molar-refractivity contribution in [1.82, 2.24) is 0 Å². The highest BCUT2D eigenvalue weighted by Crippen LogP contribution is 2.51. The van der Waals surface area contributed by atoms with E-state index in [4.69, 9.17) is 0 Å². The van der Waals surface area contributed by atoms with Gasteiger partial charge in [-0.3, -0.25) is 4.31 Å². The van der Waals surface area contributed by atoms with Gasteiger partial charge < -0.3 is 5.11 Å². The van der Waals surface area contributed by atoms with Crippen molar-refractivity contribution in [3.63, 3.8) is 0 Å². The molecule has 0 bridgehead atoms. The minimum atomic E-state index is -6.07. The zero-order valence-corrected chi connectivity index (χ0v) is 16.3. The summed E-state index contributed by atoms with van der Waals surface area (Å²) in [6, 6.07) is 5.97. The summed E-state index contributed by atoms with van der Waals surface area (Å²) in [6.45, 7) is -0.184. The van der Waals surface area contributed by atoms with Crippen LogP contribution in [-0.2, 0) is 15.6 Å². The molecule has 0 saturated heterocycles. The Balaban J connectivity index is 2.13. The second-order valence-corrected chi connectivity index (χ2v) is 9.21. The molecular formula is C17H12F7NO3S2. The highest BCUT2D eigenvalue weighted by atomic mass is 32.2. The van der Waals surface area contributed by atoms with Gasteiger partial charge in [0.25, 0.3) is 15.6 Å². The molecule has 0 saturated carbocycles. The summed E-state index contributed by atoms with van der Waals surface area (Å²) in [6.07, 6.45) is -12.1. The smallest absolute Gasteiger partial charge is 0.369 e. The molecule has 0 radical (unpaired) electrons. The lowest BCUT2D eigenvalue weighted by atomic mass is 9.92. The van der Waals surface area contributed by atoms with Gasteiger partial charge in [-0.15, -0.1) is 11.8 Å². The van der Waals surface area contributed by atoms with Gasteiger partial charge in [0.05, 0.1) is 5.69 Å². The van der Waals surface area contributed by atoms with E-state index >= 15 is 0 Å². The van der Waals surface area contributed by atoms with Gasteiger partial charge in [-0.2, -0.15) is 26.3 Å². The fourth-order valence-corrected chi connectivity index (χ4v) is 5.69. The molecule has 1 N–H and O–H groups in total. The molecule has 0 amide bonds. The Morgan fingerprint density at radius 1 is 0.967 bits per heavy atom. The number of alkyl halides is 6. The van der Waals surface area contributed by atoms with Gasteiger partial charge >= 0.3 is 12.4 Å². The third-order valence-corrected chi connectivity index (χ3v) is 7.29. The summed E-state index contributed by atoms with van der Waals surface area (Å²) < 4.78 is 119. The normalized spacial score (nSPS) is 15.8. The lowest BCUT2D eigenvalue weighted by Crippen LogP contribution is -2.54. The van der Waals surface area contributed by atoms with Crippen LogP contribution in [-0.4, -0.2) is 38.2 Å². The SMILES string of the molecule is O=S(=O)(c1ccccc1F)N1CCSc2cc(C(O)(C(F)(F)F)C(F)(F)F)ccc21. The van der Waals surface area contributed by atoms with Gasteiger partial charge in [0.1, 0.15) is 10.7 Å². The first-order valence-corrected chi connectivity index (χ1v) is 10.5. The summed E-state index contributed by atoms with van der Waals surface area (Å²) >= 11 is 0.814. The Morgan fingerprint density at radius 3 is 2.13 bits per heavy atom. The summed E-state index contributed by atoms with van der Waals surface area (Å²) in [5, 5.41) is 9.56. The Hall–Kier alpha value is -1.99. The van der Waals surface area contributed by atoms with Gasteiger partial charge in [0, 0.05) is 22.8 Å². The van der Waals surface area contributed by atoms with E-state index in [0.29, 0.717) is 16.4 Å². The first-order chi connectivity index (χ1) is 13.7. The highest BCUT2D eigenvalue weighted by molar-refractivity contribution is 8.00. The first kappa shape index (κ1) is 22.7. The van der Waals surface area contributed by atoms with E-state index in [1.54, 1.807) is 0 Å². The molecule has 2 aromatic carbocycles. The lowest BCUT2D eigenvalue weighted by molar-refractivity contribution is -0.376. The second-order valence-electron chi connectivity index (χ2n) is 6.24. The van der Waals surface area contributed by atoms with Crippen molar-refractivity contribution in [1.29, 1.82) is 0 Å². The zero-order chi connectivity index (χ0) is 22.5. The van der Waals surface area contributed by atoms with Crippen LogP contribution in [0, 0.1) is 5.82 Å². The fourth-order valence-electron chi connectivity index (χ4n) is 2.93. The zero-order valence-electron chi connectivity index (χ0n) is 14.6. The maximum Gasteiger partial charge on any atom is 0.430 e. The minimum absolute atomic E-state index is 0.0133. The van der Waals surface area contributed by atoms with Crippen LogP contribution in [0.2, 0.25) is 0 Å². The van der Waals surface area contributed by atoms with Crippen LogP contribution in [0.3, 0.4) is 0 Å². The van der Waals surface area contributed by atoms with Gasteiger partial charge in [-0.05, 0) is 24.3 Å². The number of sulfonamides is 1. The number of rotatable bonds is 3. The number of nitrogens with zero attached hydrogens (tertiary/aromatic N) is 1. The third-order valence-electron chi connectivity index (χ3n) is 4.42. The Labute approximate surface area is 170 Å². The Morgan fingerprint density at radius 2 is 1.57 bits per heavy atom. The Bertz CT molecular complexity index is 1050. The average molecular weight is 475 g/mol. The lowest BCUT2D eigenvalue weighted by Gasteiger charge is -2.35. The van der Waals surface area contributed by atoms with Crippen LogP contribution in [0.25, 0.3) is 0 Å². The summed E-state index contributed by atoms with van der Waals surface area (Å²) in [5.41, 5.74) is -6.86. The molecule has 0 fully saturated rings. The molecule has 1 aliphatic heterocycles. The van der Waals surface area contributed by atoms with Crippen LogP contribution >= 0.6 is 11.8 Å². The predicted molar refractivity (Wildman–Crippen MR) is 94.1 cm³/mol. The molecule has 1 aliphatic rings. The molecule has 3 rings (SSSR count). The topological polar surface area (TPSA) is 57.6 Å². The molecule has 164 valence electrons. The first-order valence-electron chi connectivity index (χ1n) is 8.11. The van der Waals surface area contributed by atoms with Crippen molar-refractivity contribution >= 4 is 27.5 Å². The number of fused-ring (bicyclic) bond motifs is 1. The third kappa shape index (κ3) is 3.52. The van der Waals surface area contributed by atoms with Gasteiger partial charge in [-0.25, -0.2) is 12.8 Å². The van der Waals surface area contributed by atoms with Gasteiger partial charge in [-0.1, -0.05) is 18.2 Å². The fraction of sp³-hybridized carbons (Fsp3) is 0.294. The van der Waals surface area contributed by atoms with Crippen LogP contribution in [0.5, 0.6) is 0 Å². The summed E-state index contributed by atoms with van der Waals surface area (Å²) in [4.78, 5) is -0.917. The number of anilines is 1. The molecule has 0 spiro atoms. The van der Waals surface area contributed by atoms with E-state index in [1.165, 1.54) is 12.1 Å². The minimum Gasteiger partial charge on any atom is -0.369 e. The predicted octanol–water partition coefficient (Wildman–Crippen LogP) is 4.44. The molecule has 1 heterocycles. The van der Waals surface area contributed by atoms with E-state index in [2.05, 4.69) is 0 Å². The molecule has 4 nitrogen and oxygen atoms in total. The number of hydrogen-bond acceptors (Lipinski definition) is 4. The molecule has 2 aromatic rings. The molecule has 0 aliphatic carbocycles. The second kappa shape index (κ2) is 7.31. The largest absolute Gasteiger partial charge is 0.430 e. The van der Waals surface area contributed by atoms with Crippen LogP contribution in [0.1, 0.15) is 5.56 Å². The van der Waals surface area contributed by atoms with Crippen LogP contribution in [0.4, 0.5) is 36.4 Å². The van der Waals surface area contributed by atoms with Crippen LogP contribution < -0.4 is 4.31 Å². The monoisotopic (exact) mass is 475 g/mol. The van der Waals surface area contributed by atoms with E-state index in [0.717, 1.165) is 30.0 Å². The van der Waals surface area contributed by atoms with E-state index in [9.17, 15) is 44.3 Å². The highest BCUT2D eigenvalue weighted by Gasteiger charge is 2.71. The maximum atomic E-state index is 14.0. The van der Waals surface area contributed by atoms with Crippen molar-refractivity contribution in [3.8, 4) is 0 Å². The van der Waals surface area contributed by atoms with E-state index in [-0.39, 0.29) is 22.9 Å². The quantitative estimate of drug-likeness (QED) is 0.668. The standard InChI is InChI=1S/C17H12F7NO3S2/c18-11-3-1-2-4-14(11)30(27,28)25-7-8-29-13-9-10(5-6-12(13)25)15(26,16(19,20)21)17(22,23)24/h1-6,9,26H,7-8H2. The van der Waals surface area contributed by atoms with Gasteiger partial charge in [0.2, 0.25) is 0 Å². The van der Waals surface area contributed by atoms with Crippen LogP contribution in [0.15, 0.2) is 52.3 Å². The van der Waals surface area contributed by atoms with Crippen molar-refractivity contribution in [3.05, 3.63) is 53.8 Å². The number of halogens is 7. The van der Waals surface area contributed by atoms with Crippen molar-refractivity contribution in [2.24, 2.45) is 0 Å². The summed E-state index contributed by atoms with van der Waals surface area (Å²) in [7, 11) is -4.47. The molecule has 13 heteroatoms. The summed E-state index contributed by atoms with van der Waals surface area (Å²) in [5.74, 6) is -1.07. The van der Waals surface area contributed by atoms with Crippen molar-refractivity contribution in [2.75, 3.05) is 16.6 Å². The molecule has 0 unspecified atom stereocenters. The molecule has 30 heavy (non-hydrogen) atoms. The maximum absolute atomic E-state index is 14.0. The van der Waals surface area contributed by atoms with Gasteiger partial charge in [0.15, 0.2) is 0 Å². The number of benzene rings is 2. The molecule has 0 atom stereocenters.